The largest absolute Gasteiger partial charge is 0.480 e. The minimum atomic E-state index is -4.06. The van der Waals surface area contributed by atoms with Crippen LogP contribution in [0.15, 0.2) is 29.2 Å². The number of ether oxygens (including phenoxy) is 1. The highest BCUT2D eigenvalue weighted by Crippen LogP contribution is 2.14. The number of rotatable bonds is 7. The highest BCUT2D eigenvalue weighted by Gasteiger charge is 2.28. The molecule has 0 saturated heterocycles. The molecule has 0 fully saturated rings. The van der Waals surface area contributed by atoms with E-state index in [0.29, 0.717) is 0 Å². The number of hydrogen-bond acceptors (Lipinski definition) is 5. The van der Waals surface area contributed by atoms with Crippen LogP contribution in [0.25, 0.3) is 0 Å². The number of carbonyl (C=O) groups is 2. The summed E-state index contributed by atoms with van der Waals surface area (Å²) >= 11 is 0. The molecule has 22 heavy (non-hydrogen) atoms. The van der Waals surface area contributed by atoms with Crippen LogP contribution in [0.4, 0.5) is 0 Å². The Kier molecular flexibility index (Phi) is 6.07. The van der Waals surface area contributed by atoms with E-state index in [4.69, 9.17) is 9.84 Å². The highest BCUT2D eigenvalue weighted by molar-refractivity contribution is 7.89. The van der Waals surface area contributed by atoms with Gasteiger partial charge in [-0.05, 0) is 31.0 Å². The average molecular weight is 329 g/mol. The second-order valence-corrected chi connectivity index (χ2v) is 6.64. The van der Waals surface area contributed by atoms with Crippen LogP contribution in [0.1, 0.15) is 31.1 Å². The monoisotopic (exact) mass is 329 g/mol. The molecule has 1 atom stereocenters. The van der Waals surface area contributed by atoms with E-state index < -0.39 is 33.9 Å². The molecule has 0 saturated carbocycles. The number of carbonyl (C=O) groups excluding carboxylic acids is 1. The summed E-state index contributed by atoms with van der Waals surface area (Å²) in [5, 5.41) is 9.07. The average Bonchev–Trinajstić information content (AvgIpc) is 2.44. The van der Waals surface area contributed by atoms with Gasteiger partial charge in [-0.15, -0.1) is 0 Å². The first-order chi connectivity index (χ1) is 10.2. The molecule has 1 aromatic rings. The number of aliphatic carboxylic acids is 1. The van der Waals surface area contributed by atoms with Gasteiger partial charge in [-0.1, -0.05) is 19.9 Å². The van der Waals surface area contributed by atoms with Gasteiger partial charge in [0.2, 0.25) is 10.0 Å². The van der Waals surface area contributed by atoms with Gasteiger partial charge in [0.15, 0.2) is 0 Å². The Morgan fingerprint density at radius 1 is 1.32 bits per heavy atom. The maximum Gasteiger partial charge on any atom is 0.338 e. The Hall–Kier alpha value is -1.93. The van der Waals surface area contributed by atoms with E-state index in [1.54, 1.807) is 20.8 Å². The zero-order valence-corrected chi connectivity index (χ0v) is 13.4. The predicted molar refractivity (Wildman–Crippen MR) is 79.0 cm³/mol. The van der Waals surface area contributed by atoms with Gasteiger partial charge in [-0.3, -0.25) is 4.79 Å². The van der Waals surface area contributed by atoms with Crippen molar-refractivity contribution in [1.29, 1.82) is 0 Å². The topological polar surface area (TPSA) is 110 Å². The van der Waals surface area contributed by atoms with Crippen LogP contribution in [-0.4, -0.2) is 38.1 Å². The van der Waals surface area contributed by atoms with Crippen molar-refractivity contribution in [3.63, 3.8) is 0 Å². The number of sulfonamides is 1. The highest BCUT2D eigenvalue weighted by atomic mass is 32.2. The lowest BCUT2D eigenvalue weighted by Crippen LogP contribution is -2.44. The molecule has 0 aliphatic heterocycles. The van der Waals surface area contributed by atoms with Crippen molar-refractivity contribution < 1.29 is 27.9 Å². The molecular weight excluding hydrogens is 310 g/mol. The van der Waals surface area contributed by atoms with E-state index in [2.05, 4.69) is 4.72 Å². The standard InChI is InChI=1S/C14H19NO6S/c1-4-21-14(18)10-6-5-7-11(8-10)22(19,20)15-12(9(2)3)13(16)17/h5-9,12,15H,4H2,1-3H3,(H,16,17)/t12-/m0/s1. The lowest BCUT2D eigenvalue weighted by Gasteiger charge is -2.18. The first-order valence-electron chi connectivity index (χ1n) is 6.71. The van der Waals surface area contributed by atoms with E-state index in [-0.39, 0.29) is 17.1 Å². The summed E-state index contributed by atoms with van der Waals surface area (Å²) in [5.41, 5.74) is 0.0844. The molecule has 0 aliphatic rings. The zero-order chi connectivity index (χ0) is 16.9. The van der Waals surface area contributed by atoms with Crippen molar-refractivity contribution in [2.75, 3.05) is 6.61 Å². The van der Waals surface area contributed by atoms with Crippen LogP contribution in [0.5, 0.6) is 0 Å². The third kappa shape index (κ3) is 4.54. The van der Waals surface area contributed by atoms with Crippen LogP contribution in [-0.2, 0) is 19.6 Å². The molecule has 8 heteroatoms. The fraction of sp³-hybridized carbons (Fsp3) is 0.429. The van der Waals surface area contributed by atoms with Crippen LogP contribution < -0.4 is 4.72 Å². The van der Waals surface area contributed by atoms with Gasteiger partial charge in [0.1, 0.15) is 6.04 Å². The van der Waals surface area contributed by atoms with Gasteiger partial charge in [0.05, 0.1) is 17.1 Å². The lowest BCUT2D eigenvalue weighted by atomic mass is 10.1. The van der Waals surface area contributed by atoms with Crippen molar-refractivity contribution in [2.24, 2.45) is 5.92 Å². The first kappa shape index (κ1) is 18.1. The van der Waals surface area contributed by atoms with Gasteiger partial charge in [0, 0.05) is 0 Å². The molecule has 2 N–H and O–H groups in total. The minimum absolute atomic E-state index is 0.0844. The summed E-state index contributed by atoms with van der Waals surface area (Å²) in [6.45, 7) is 5.00. The Labute approximate surface area is 129 Å². The van der Waals surface area contributed by atoms with E-state index >= 15 is 0 Å². The third-order valence-corrected chi connectivity index (χ3v) is 4.31. The van der Waals surface area contributed by atoms with Crippen molar-refractivity contribution in [3.8, 4) is 0 Å². The third-order valence-electron chi connectivity index (χ3n) is 2.87. The van der Waals surface area contributed by atoms with Gasteiger partial charge in [-0.25, -0.2) is 13.2 Å². The SMILES string of the molecule is CCOC(=O)c1cccc(S(=O)(=O)N[C@H](C(=O)O)C(C)C)c1. The first-order valence-corrected chi connectivity index (χ1v) is 8.19. The molecule has 0 bridgehead atoms. The van der Waals surface area contributed by atoms with Crippen molar-refractivity contribution in [2.45, 2.75) is 31.7 Å². The van der Waals surface area contributed by atoms with E-state index in [1.807, 2.05) is 0 Å². The molecule has 1 rings (SSSR count). The van der Waals surface area contributed by atoms with E-state index in [1.165, 1.54) is 18.2 Å². The Morgan fingerprint density at radius 3 is 2.45 bits per heavy atom. The number of hydrogen-bond donors (Lipinski definition) is 2. The summed E-state index contributed by atoms with van der Waals surface area (Å²) in [6.07, 6.45) is 0. The summed E-state index contributed by atoms with van der Waals surface area (Å²) < 4.78 is 31.4. The fourth-order valence-corrected chi connectivity index (χ4v) is 3.09. The van der Waals surface area contributed by atoms with E-state index in [9.17, 15) is 18.0 Å². The van der Waals surface area contributed by atoms with Crippen molar-refractivity contribution in [3.05, 3.63) is 29.8 Å². The quantitative estimate of drug-likeness (QED) is 0.729. The Balaban J connectivity index is 3.10. The minimum Gasteiger partial charge on any atom is -0.480 e. The molecule has 0 spiro atoms. The van der Waals surface area contributed by atoms with Crippen LogP contribution in [0, 0.1) is 5.92 Å². The number of nitrogens with one attached hydrogen (secondary N) is 1. The normalized spacial score (nSPS) is 12.9. The van der Waals surface area contributed by atoms with Gasteiger partial charge in [0.25, 0.3) is 0 Å². The summed E-state index contributed by atoms with van der Waals surface area (Å²) in [5.74, 6) is -2.33. The smallest absolute Gasteiger partial charge is 0.338 e. The second-order valence-electron chi connectivity index (χ2n) is 4.93. The summed E-state index contributed by atoms with van der Waals surface area (Å²) in [6, 6.07) is 4.00. The maximum atomic E-state index is 12.3. The van der Waals surface area contributed by atoms with Crippen molar-refractivity contribution in [1.82, 2.24) is 4.72 Å². The number of benzene rings is 1. The number of esters is 1. The summed E-state index contributed by atoms with van der Waals surface area (Å²) in [7, 11) is -4.06. The van der Waals surface area contributed by atoms with Crippen LogP contribution in [0.2, 0.25) is 0 Å². The molecule has 0 aliphatic carbocycles. The zero-order valence-electron chi connectivity index (χ0n) is 12.6. The number of carboxylic acid groups (broad SMARTS) is 1. The van der Waals surface area contributed by atoms with Gasteiger partial charge in [-0.2, -0.15) is 4.72 Å². The Morgan fingerprint density at radius 2 is 1.95 bits per heavy atom. The molecule has 7 nitrogen and oxygen atoms in total. The fourth-order valence-electron chi connectivity index (χ4n) is 1.71. The van der Waals surface area contributed by atoms with Crippen molar-refractivity contribution >= 4 is 22.0 Å². The second kappa shape index (κ2) is 7.37. The van der Waals surface area contributed by atoms with Crippen LogP contribution >= 0.6 is 0 Å². The lowest BCUT2D eigenvalue weighted by molar-refractivity contribution is -0.140. The van der Waals surface area contributed by atoms with Gasteiger partial charge >= 0.3 is 11.9 Å². The number of carboxylic acids is 1. The predicted octanol–water partition coefficient (Wildman–Crippen LogP) is 1.25. The molecule has 0 amide bonds. The Bertz CT molecular complexity index is 653. The molecule has 0 heterocycles. The molecule has 0 aromatic heterocycles. The molecular formula is C14H19NO6S. The maximum absolute atomic E-state index is 12.3. The molecule has 122 valence electrons. The molecule has 0 radical (unpaired) electrons. The molecule has 0 unspecified atom stereocenters. The summed E-state index contributed by atoms with van der Waals surface area (Å²) in [4.78, 5) is 22.6. The van der Waals surface area contributed by atoms with Gasteiger partial charge < -0.3 is 9.84 Å². The molecule has 1 aromatic carbocycles. The van der Waals surface area contributed by atoms with Crippen LogP contribution in [0.3, 0.4) is 0 Å². The van der Waals surface area contributed by atoms with E-state index in [0.717, 1.165) is 6.07 Å².